The van der Waals surface area contributed by atoms with Gasteiger partial charge < -0.3 is 26.4 Å². The number of hydrogen-bond donors (Lipinski definition) is 5. The second kappa shape index (κ2) is 9.29. The number of thioether (sulfide) groups is 1. The largest absolute Gasteiger partial charge is 0.398 e. The highest BCUT2D eigenvalue weighted by atomic mass is 32.2. The average molecular weight is 456 g/mol. The Morgan fingerprint density at radius 3 is 2.83 bits per heavy atom. The van der Waals surface area contributed by atoms with E-state index in [2.05, 4.69) is 26.1 Å². The molecule has 0 unspecified atom stereocenters. The Morgan fingerprint density at radius 2 is 2.23 bits per heavy atom. The maximum Gasteiger partial charge on any atom is 0.276 e. The Balaban J connectivity index is 1.81. The van der Waals surface area contributed by atoms with E-state index in [1.165, 1.54) is 23.8 Å². The molecular formula is C15H21N9O4S2. The number of methoxy groups -OCH3 is 1. The number of ether oxygens (including phenoxy) is 1. The summed E-state index contributed by atoms with van der Waals surface area (Å²) >= 11 is 2.62. The van der Waals surface area contributed by atoms with E-state index >= 15 is 0 Å². The smallest absolute Gasteiger partial charge is 0.276 e. The molecule has 3 rings (SSSR count). The van der Waals surface area contributed by atoms with Crippen molar-refractivity contribution in [1.82, 2.24) is 20.7 Å². The molecule has 30 heavy (non-hydrogen) atoms. The molecular weight excluding hydrogens is 434 g/mol. The molecule has 0 saturated carbocycles. The van der Waals surface area contributed by atoms with Crippen LogP contribution < -0.4 is 28.2 Å². The highest BCUT2D eigenvalue weighted by Gasteiger charge is 2.53. The van der Waals surface area contributed by atoms with Crippen LogP contribution in [0.5, 0.6) is 0 Å². The molecule has 0 radical (unpaired) electrons. The van der Waals surface area contributed by atoms with Gasteiger partial charge in [-0.15, -0.1) is 28.2 Å². The van der Waals surface area contributed by atoms with E-state index in [9.17, 15) is 9.59 Å². The van der Waals surface area contributed by atoms with Crippen molar-refractivity contribution in [2.24, 2.45) is 21.8 Å². The van der Waals surface area contributed by atoms with E-state index in [-0.39, 0.29) is 40.3 Å². The minimum absolute atomic E-state index is 0.0487. The topological polar surface area (TPSA) is 196 Å². The van der Waals surface area contributed by atoms with Gasteiger partial charge in [0.05, 0.1) is 12.3 Å². The highest BCUT2D eigenvalue weighted by Crippen LogP contribution is 2.40. The maximum atomic E-state index is 12.9. The molecule has 2 aliphatic rings. The Morgan fingerprint density at radius 1 is 1.47 bits per heavy atom. The highest BCUT2D eigenvalue weighted by molar-refractivity contribution is 8.00. The lowest BCUT2D eigenvalue weighted by Crippen LogP contribution is -2.71. The van der Waals surface area contributed by atoms with Crippen molar-refractivity contribution >= 4 is 51.6 Å². The third-order valence-electron chi connectivity index (χ3n) is 4.24. The van der Waals surface area contributed by atoms with E-state index < -0.39 is 11.9 Å². The number of rotatable bonds is 8. The van der Waals surface area contributed by atoms with Crippen LogP contribution in [0.1, 0.15) is 5.69 Å². The zero-order chi connectivity index (χ0) is 21.8. The summed E-state index contributed by atoms with van der Waals surface area (Å²) in [6.07, 6.45) is 0. The Labute approximate surface area is 179 Å². The zero-order valence-electron chi connectivity index (χ0n) is 16.1. The summed E-state index contributed by atoms with van der Waals surface area (Å²) in [4.78, 5) is 35.9. The molecule has 0 aromatic carbocycles. The van der Waals surface area contributed by atoms with Crippen LogP contribution in [0, 0.1) is 0 Å². The number of nitrogens with two attached hydrogens (primary N) is 3. The van der Waals surface area contributed by atoms with Crippen molar-refractivity contribution in [3.8, 4) is 0 Å². The van der Waals surface area contributed by atoms with Crippen LogP contribution in [0.4, 0.5) is 5.13 Å². The molecule has 2 amide bonds. The van der Waals surface area contributed by atoms with Gasteiger partial charge in [-0.1, -0.05) is 5.16 Å². The first-order chi connectivity index (χ1) is 14.4. The van der Waals surface area contributed by atoms with E-state index in [4.69, 9.17) is 26.9 Å². The molecule has 1 fully saturated rings. The van der Waals surface area contributed by atoms with Gasteiger partial charge in [-0.2, -0.15) is 0 Å². The van der Waals surface area contributed by atoms with Gasteiger partial charge >= 0.3 is 0 Å². The number of amidine groups is 1. The number of amides is 2. The first-order valence-electron chi connectivity index (χ1n) is 8.51. The summed E-state index contributed by atoms with van der Waals surface area (Å²) < 4.78 is 5.20. The lowest BCUT2D eigenvalue weighted by Gasteiger charge is -2.50. The number of thiazole rings is 1. The van der Waals surface area contributed by atoms with Crippen LogP contribution in [0.15, 0.2) is 26.9 Å². The number of carbonyl (C=O) groups is 2. The number of hydrazine groups is 1. The summed E-state index contributed by atoms with van der Waals surface area (Å²) in [5, 5.41) is 11.7. The van der Waals surface area contributed by atoms with Gasteiger partial charge in [0.2, 0.25) is 0 Å². The normalized spacial score (nSPS) is 21.8. The van der Waals surface area contributed by atoms with Crippen LogP contribution in [-0.4, -0.2) is 71.2 Å². The van der Waals surface area contributed by atoms with Crippen LogP contribution in [0.2, 0.25) is 0 Å². The molecule has 1 saturated heterocycles. The SMILES string of the molecule is COCC1=C(/C(N)=N/NN)N2C(=O)[C@@H](NC(=O)/C(=N\OC)c3csc(N)n3)[C@H]2SC1. The summed E-state index contributed by atoms with van der Waals surface area (Å²) in [7, 11) is 2.84. The second-order valence-corrected chi connectivity index (χ2v) is 8.06. The van der Waals surface area contributed by atoms with Crippen LogP contribution >= 0.6 is 23.1 Å². The number of anilines is 1. The number of hydrazone groups is 1. The fourth-order valence-electron chi connectivity index (χ4n) is 3.04. The van der Waals surface area contributed by atoms with Gasteiger partial charge in [0.15, 0.2) is 16.7 Å². The third-order valence-corrected chi connectivity index (χ3v) is 6.26. The van der Waals surface area contributed by atoms with Gasteiger partial charge in [0.1, 0.15) is 24.2 Å². The minimum atomic E-state index is -0.793. The van der Waals surface area contributed by atoms with Crippen molar-refractivity contribution < 1.29 is 19.2 Å². The maximum absolute atomic E-state index is 12.9. The summed E-state index contributed by atoms with van der Waals surface area (Å²) in [6, 6.07) is -0.793. The summed E-state index contributed by atoms with van der Waals surface area (Å²) in [5.74, 6) is 4.84. The number of nitrogens with zero attached hydrogens (tertiary/aromatic N) is 4. The molecule has 13 nitrogen and oxygen atoms in total. The lowest BCUT2D eigenvalue weighted by atomic mass is 10.0. The number of aromatic nitrogens is 1. The van der Waals surface area contributed by atoms with Gasteiger partial charge in [0, 0.05) is 18.2 Å². The monoisotopic (exact) mass is 455 g/mol. The fourth-order valence-corrected chi connectivity index (χ4v) is 4.92. The van der Waals surface area contributed by atoms with Crippen molar-refractivity contribution in [2.45, 2.75) is 11.4 Å². The van der Waals surface area contributed by atoms with Crippen LogP contribution in [-0.2, 0) is 19.2 Å². The number of nitrogen functional groups attached to an aromatic ring is 1. The summed E-state index contributed by atoms with van der Waals surface area (Å²) in [6.45, 7) is 0.270. The Hall–Kier alpha value is -2.88. The summed E-state index contributed by atoms with van der Waals surface area (Å²) in [5.41, 5.74) is 15.1. The first kappa shape index (κ1) is 21.8. The van der Waals surface area contributed by atoms with E-state index in [1.807, 2.05) is 0 Å². The number of oxime groups is 1. The quantitative estimate of drug-likeness (QED) is 0.0972. The van der Waals surface area contributed by atoms with Crippen LogP contribution in [0.3, 0.4) is 0 Å². The Kier molecular flexibility index (Phi) is 6.76. The number of β-lactam (4-membered cyclic amide) rings is 1. The molecule has 3 heterocycles. The first-order valence-corrected chi connectivity index (χ1v) is 10.4. The predicted molar refractivity (Wildman–Crippen MR) is 113 cm³/mol. The zero-order valence-corrected chi connectivity index (χ0v) is 17.7. The fraction of sp³-hybridized carbons (Fsp3) is 0.400. The van der Waals surface area contributed by atoms with Gasteiger partial charge in [-0.05, 0) is 5.57 Å². The number of hydrogen-bond acceptors (Lipinski definition) is 12. The molecule has 8 N–H and O–H groups in total. The standard InChI is InChI=1S/C15H21N9O4S2/c1-27-3-6-4-29-14-9(13(26)24(14)10(6)11(16)21-23-18)20-12(25)8(22-28-2)7-5-30-15(17)19-7/h5,9,14,23H,3-4,18H2,1-2H3,(H2,16,21)(H2,17,19)(H,20,25)/b22-8-/t9-,14-/m1/s1. The molecule has 162 valence electrons. The molecule has 1 aromatic rings. The van der Waals surface area contributed by atoms with Gasteiger partial charge in [-0.25, -0.2) is 16.4 Å². The number of nitrogens with one attached hydrogen (secondary N) is 2. The minimum Gasteiger partial charge on any atom is -0.398 e. The molecule has 0 bridgehead atoms. The van der Waals surface area contributed by atoms with Gasteiger partial charge in [-0.3, -0.25) is 14.5 Å². The number of fused-ring (bicyclic) bond motifs is 1. The lowest BCUT2D eigenvalue weighted by molar-refractivity contribution is -0.144. The van der Waals surface area contributed by atoms with Crippen molar-refractivity contribution in [3.05, 3.63) is 22.3 Å². The second-order valence-electron chi connectivity index (χ2n) is 6.07. The molecule has 15 heteroatoms. The average Bonchev–Trinajstić information content (AvgIpc) is 3.15. The van der Waals surface area contributed by atoms with Crippen molar-refractivity contribution in [3.63, 3.8) is 0 Å². The van der Waals surface area contributed by atoms with Crippen molar-refractivity contribution in [2.75, 3.05) is 32.3 Å². The molecule has 2 aliphatic heterocycles. The van der Waals surface area contributed by atoms with Gasteiger partial charge in [0.25, 0.3) is 11.8 Å². The molecule has 1 aromatic heterocycles. The van der Waals surface area contributed by atoms with Crippen LogP contribution in [0.25, 0.3) is 0 Å². The predicted octanol–water partition coefficient (Wildman–Crippen LogP) is -1.89. The van der Waals surface area contributed by atoms with E-state index in [0.29, 0.717) is 11.4 Å². The molecule has 0 aliphatic carbocycles. The number of carbonyl (C=O) groups excluding carboxylic acids is 2. The Bertz CT molecular complexity index is 929. The van der Waals surface area contributed by atoms with Crippen molar-refractivity contribution in [1.29, 1.82) is 0 Å². The van der Waals surface area contributed by atoms with E-state index in [0.717, 1.165) is 16.9 Å². The van der Waals surface area contributed by atoms with E-state index in [1.54, 1.807) is 12.5 Å². The molecule has 0 spiro atoms. The third kappa shape index (κ3) is 4.04. The molecule has 2 atom stereocenters.